The number of amides is 2. The highest BCUT2D eigenvalue weighted by Crippen LogP contribution is 2.20. The third kappa shape index (κ3) is 4.46. The Kier molecular flexibility index (Phi) is 5.62. The largest absolute Gasteiger partial charge is 0.349 e. The second-order valence-electron chi connectivity index (χ2n) is 5.46. The van der Waals surface area contributed by atoms with Gasteiger partial charge >= 0.3 is 0 Å². The van der Waals surface area contributed by atoms with Crippen molar-refractivity contribution in [2.75, 3.05) is 5.32 Å². The van der Waals surface area contributed by atoms with Gasteiger partial charge in [0.2, 0.25) is 5.91 Å². The number of carbonyl (C=O) groups is 2. The summed E-state index contributed by atoms with van der Waals surface area (Å²) in [6.45, 7) is 1.60. The van der Waals surface area contributed by atoms with Crippen LogP contribution in [0.4, 0.5) is 5.69 Å². The number of halogens is 1. The lowest BCUT2D eigenvalue weighted by Gasteiger charge is -2.23. The third-order valence-electron chi connectivity index (χ3n) is 3.73. The van der Waals surface area contributed by atoms with Crippen molar-refractivity contribution in [1.82, 2.24) is 5.32 Å². The lowest BCUT2D eigenvalue weighted by atomic mass is 9.95. The van der Waals surface area contributed by atoms with E-state index in [1.54, 1.807) is 31.2 Å². The van der Waals surface area contributed by atoms with E-state index in [0.717, 1.165) is 25.7 Å². The fourth-order valence-corrected chi connectivity index (χ4v) is 2.59. The van der Waals surface area contributed by atoms with Crippen molar-refractivity contribution < 1.29 is 9.59 Å². The molecule has 0 aromatic heterocycles. The first kappa shape index (κ1) is 15.8. The van der Waals surface area contributed by atoms with Crippen LogP contribution in [0.1, 0.15) is 49.4 Å². The van der Waals surface area contributed by atoms with E-state index in [-0.39, 0.29) is 17.9 Å². The Balaban J connectivity index is 2.07. The van der Waals surface area contributed by atoms with Gasteiger partial charge in [0.15, 0.2) is 0 Å². The van der Waals surface area contributed by atoms with Crippen molar-refractivity contribution in [2.45, 2.75) is 50.4 Å². The first-order chi connectivity index (χ1) is 10.1. The molecule has 0 spiro atoms. The first-order valence-corrected chi connectivity index (χ1v) is 7.86. The van der Waals surface area contributed by atoms with Crippen molar-refractivity contribution in [3.63, 3.8) is 0 Å². The Labute approximate surface area is 130 Å². The number of nitrogens with one attached hydrogen (secondary N) is 2. The Morgan fingerprint density at radius 1 is 1.19 bits per heavy atom. The minimum atomic E-state index is -0.639. The summed E-state index contributed by atoms with van der Waals surface area (Å²) in [6.07, 6.45) is 5.62. The Morgan fingerprint density at radius 3 is 2.52 bits per heavy atom. The molecule has 1 fully saturated rings. The summed E-state index contributed by atoms with van der Waals surface area (Å²) in [4.78, 5) is 24.1. The van der Waals surface area contributed by atoms with E-state index in [0.29, 0.717) is 11.3 Å². The summed E-state index contributed by atoms with van der Waals surface area (Å²) in [7, 11) is 0. The maximum absolute atomic E-state index is 12.4. The van der Waals surface area contributed by atoms with Gasteiger partial charge in [0.1, 0.15) is 5.38 Å². The van der Waals surface area contributed by atoms with Crippen molar-refractivity contribution >= 4 is 29.1 Å². The molecule has 0 saturated heterocycles. The van der Waals surface area contributed by atoms with Gasteiger partial charge in [0.25, 0.3) is 5.91 Å². The molecule has 2 N–H and O–H groups in total. The van der Waals surface area contributed by atoms with Crippen LogP contribution in [0.15, 0.2) is 24.3 Å². The van der Waals surface area contributed by atoms with E-state index < -0.39 is 5.38 Å². The van der Waals surface area contributed by atoms with E-state index in [9.17, 15) is 9.59 Å². The standard InChI is InChI=1S/C16H21ClN2O2/c1-11(17)15(20)19-14-10-6-5-9-13(14)16(21)18-12-7-3-2-4-8-12/h5-6,9-12H,2-4,7-8H2,1H3,(H,18,21)(H,19,20)/t11-/m1/s1. The molecule has 1 atom stereocenters. The summed E-state index contributed by atoms with van der Waals surface area (Å²) in [5, 5.41) is 5.11. The quantitative estimate of drug-likeness (QED) is 0.838. The molecule has 1 aliphatic rings. The monoisotopic (exact) mass is 308 g/mol. The highest BCUT2D eigenvalue weighted by molar-refractivity contribution is 6.32. The van der Waals surface area contributed by atoms with Gasteiger partial charge < -0.3 is 10.6 Å². The molecule has 21 heavy (non-hydrogen) atoms. The third-order valence-corrected chi connectivity index (χ3v) is 3.93. The molecule has 4 nitrogen and oxygen atoms in total. The highest BCUT2D eigenvalue weighted by atomic mass is 35.5. The van der Waals surface area contributed by atoms with E-state index >= 15 is 0 Å². The summed E-state index contributed by atoms with van der Waals surface area (Å²) in [5.74, 6) is -0.449. The van der Waals surface area contributed by atoms with Gasteiger partial charge in [-0.15, -0.1) is 11.6 Å². The van der Waals surface area contributed by atoms with Crippen molar-refractivity contribution in [1.29, 1.82) is 0 Å². The van der Waals surface area contributed by atoms with Gasteiger partial charge in [-0.2, -0.15) is 0 Å². The van der Waals surface area contributed by atoms with Gasteiger partial charge in [-0.05, 0) is 31.9 Å². The van der Waals surface area contributed by atoms with Crippen LogP contribution in [0.25, 0.3) is 0 Å². The Bertz CT molecular complexity index is 511. The van der Waals surface area contributed by atoms with Crippen molar-refractivity contribution in [3.8, 4) is 0 Å². The summed E-state index contributed by atoms with van der Waals surface area (Å²) in [6, 6.07) is 7.24. The molecule has 1 aliphatic carbocycles. The fourth-order valence-electron chi connectivity index (χ4n) is 2.53. The number of hydrogen-bond acceptors (Lipinski definition) is 2. The van der Waals surface area contributed by atoms with Crippen LogP contribution in [0, 0.1) is 0 Å². The molecule has 0 radical (unpaired) electrons. The highest BCUT2D eigenvalue weighted by Gasteiger charge is 2.19. The normalized spacial score (nSPS) is 17.0. The average molecular weight is 309 g/mol. The minimum Gasteiger partial charge on any atom is -0.349 e. The van der Waals surface area contributed by atoms with E-state index in [1.165, 1.54) is 6.42 Å². The molecule has 5 heteroatoms. The maximum atomic E-state index is 12.4. The predicted molar refractivity (Wildman–Crippen MR) is 84.7 cm³/mol. The van der Waals surface area contributed by atoms with Crippen molar-refractivity contribution in [3.05, 3.63) is 29.8 Å². The van der Waals surface area contributed by atoms with Gasteiger partial charge in [-0.1, -0.05) is 31.4 Å². The number of para-hydroxylation sites is 1. The van der Waals surface area contributed by atoms with Crippen LogP contribution in [-0.4, -0.2) is 23.2 Å². The predicted octanol–water partition coefficient (Wildman–Crippen LogP) is 3.31. The van der Waals surface area contributed by atoms with E-state index in [4.69, 9.17) is 11.6 Å². The zero-order valence-electron chi connectivity index (χ0n) is 12.2. The molecule has 0 heterocycles. The molecule has 114 valence electrons. The zero-order valence-corrected chi connectivity index (χ0v) is 13.0. The molecular formula is C16H21ClN2O2. The van der Waals surface area contributed by atoms with E-state index in [2.05, 4.69) is 10.6 Å². The van der Waals surface area contributed by atoms with Gasteiger partial charge in [-0.25, -0.2) is 0 Å². The molecule has 2 rings (SSSR count). The smallest absolute Gasteiger partial charge is 0.253 e. The Hall–Kier alpha value is -1.55. The number of anilines is 1. The van der Waals surface area contributed by atoms with Crippen LogP contribution in [0.2, 0.25) is 0 Å². The molecule has 0 aliphatic heterocycles. The lowest BCUT2D eigenvalue weighted by molar-refractivity contribution is -0.115. The van der Waals surface area contributed by atoms with Crippen LogP contribution in [0.5, 0.6) is 0 Å². The second kappa shape index (κ2) is 7.46. The topological polar surface area (TPSA) is 58.2 Å². The van der Waals surface area contributed by atoms with Crippen molar-refractivity contribution in [2.24, 2.45) is 0 Å². The summed E-state index contributed by atoms with van der Waals surface area (Å²) >= 11 is 5.75. The van der Waals surface area contributed by atoms with Crippen LogP contribution in [0.3, 0.4) is 0 Å². The van der Waals surface area contributed by atoms with Crippen LogP contribution < -0.4 is 10.6 Å². The molecule has 2 amide bonds. The first-order valence-electron chi connectivity index (χ1n) is 7.43. The summed E-state index contributed by atoms with van der Waals surface area (Å²) in [5.41, 5.74) is 0.983. The SMILES string of the molecule is C[C@@H](Cl)C(=O)Nc1ccccc1C(=O)NC1CCCCC1. The number of hydrogen-bond donors (Lipinski definition) is 2. The Morgan fingerprint density at radius 2 is 1.86 bits per heavy atom. The van der Waals surface area contributed by atoms with Crippen LogP contribution in [-0.2, 0) is 4.79 Å². The number of carbonyl (C=O) groups excluding carboxylic acids is 2. The van der Waals surface area contributed by atoms with E-state index in [1.807, 2.05) is 0 Å². The van der Waals surface area contributed by atoms with Gasteiger partial charge in [0.05, 0.1) is 11.3 Å². The lowest BCUT2D eigenvalue weighted by Crippen LogP contribution is -2.36. The molecular weight excluding hydrogens is 288 g/mol. The van der Waals surface area contributed by atoms with Crippen LogP contribution >= 0.6 is 11.6 Å². The molecule has 1 aromatic rings. The molecule has 0 bridgehead atoms. The summed E-state index contributed by atoms with van der Waals surface area (Å²) < 4.78 is 0. The number of rotatable bonds is 4. The molecule has 1 aromatic carbocycles. The number of benzene rings is 1. The van der Waals surface area contributed by atoms with Gasteiger partial charge in [-0.3, -0.25) is 9.59 Å². The van der Waals surface area contributed by atoms with Gasteiger partial charge in [0, 0.05) is 6.04 Å². The molecule has 0 unspecified atom stereocenters. The molecule has 1 saturated carbocycles. The second-order valence-corrected chi connectivity index (χ2v) is 6.11. The average Bonchev–Trinajstić information content (AvgIpc) is 2.48. The fraction of sp³-hybridized carbons (Fsp3) is 0.500. The minimum absolute atomic E-state index is 0.139. The maximum Gasteiger partial charge on any atom is 0.253 e. The zero-order chi connectivity index (χ0) is 15.2. The number of alkyl halides is 1.